The molecule has 1 N–H and O–H groups in total. The second-order valence-electron chi connectivity index (χ2n) is 6.30. The fraction of sp³-hybridized carbons (Fsp3) is 0.261. The van der Waals surface area contributed by atoms with E-state index in [0.29, 0.717) is 28.9 Å². The van der Waals surface area contributed by atoms with Crippen molar-refractivity contribution < 1.29 is 19.1 Å². The van der Waals surface area contributed by atoms with Crippen LogP contribution in [0.25, 0.3) is 6.08 Å². The fourth-order valence-electron chi connectivity index (χ4n) is 2.61. The van der Waals surface area contributed by atoms with Crippen molar-refractivity contribution in [3.63, 3.8) is 0 Å². The smallest absolute Gasteiger partial charge is 0.344 e. The van der Waals surface area contributed by atoms with Gasteiger partial charge in [0.25, 0.3) is 5.91 Å². The molecule has 0 aliphatic carbocycles. The van der Waals surface area contributed by atoms with Crippen molar-refractivity contribution in [3.05, 3.63) is 69.7 Å². The number of hydrogen-bond donors (Lipinski definition) is 1. The minimum Gasteiger partial charge on any atom is -0.481 e. The first-order chi connectivity index (χ1) is 14.5. The number of rotatable bonds is 10. The second-order valence-corrected chi connectivity index (χ2v) is 7.15. The Kier molecular flexibility index (Phi) is 9.62. The van der Waals surface area contributed by atoms with Crippen molar-refractivity contribution >= 4 is 33.9 Å². The third-order valence-electron chi connectivity index (χ3n) is 4.05. The van der Waals surface area contributed by atoms with E-state index in [0.717, 1.165) is 12.8 Å². The molecule has 0 aliphatic heterocycles. The summed E-state index contributed by atoms with van der Waals surface area (Å²) in [6, 6.07) is 17.0. The van der Waals surface area contributed by atoms with Crippen LogP contribution in [0.1, 0.15) is 24.5 Å². The lowest BCUT2D eigenvalue weighted by Gasteiger charge is -2.08. The van der Waals surface area contributed by atoms with Crippen molar-refractivity contribution in [2.45, 2.75) is 19.8 Å². The first kappa shape index (κ1) is 23.2. The molecular weight excluding hydrogens is 448 g/mol. The third-order valence-corrected chi connectivity index (χ3v) is 4.67. The van der Waals surface area contributed by atoms with Crippen LogP contribution < -0.4 is 10.1 Å². The van der Waals surface area contributed by atoms with E-state index >= 15 is 0 Å². The van der Waals surface area contributed by atoms with Crippen molar-refractivity contribution in [1.29, 1.82) is 5.26 Å². The molecule has 1 amide bonds. The Labute approximate surface area is 184 Å². The van der Waals surface area contributed by atoms with Gasteiger partial charge in [-0.05, 0) is 65.0 Å². The quantitative estimate of drug-likeness (QED) is 0.245. The molecule has 7 heteroatoms. The Bertz CT molecular complexity index is 936. The number of aryl methyl sites for hydroxylation is 1. The molecule has 2 rings (SSSR count). The van der Waals surface area contributed by atoms with Crippen LogP contribution in [0.5, 0.6) is 5.75 Å². The number of halogens is 1. The number of ether oxygens (including phenoxy) is 2. The number of carbonyl (C=O) groups is 2. The molecule has 0 aromatic heterocycles. The molecule has 2 aromatic carbocycles. The molecule has 0 atom stereocenters. The molecular formula is C23H23BrN2O4. The predicted octanol–water partition coefficient (Wildman–Crippen LogP) is 4.05. The first-order valence-corrected chi connectivity index (χ1v) is 10.3. The number of nitriles is 1. The highest BCUT2D eigenvalue weighted by atomic mass is 79.9. The van der Waals surface area contributed by atoms with Crippen LogP contribution in [-0.2, 0) is 20.7 Å². The van der Waals surface area contributed by atoms with Gasteiger partial charge in [-0.3, -0.25) is 4.79 Å². The fourth-order valence-corrected chi connectivity index (χ4v) is 3.12. The Balaban J connectivity index is 1.90. The second kappa shape index (κ2) is 12.5. The largest absolute Gasteiger partial charge is 0.481 e. The van der Waals surface area contributed by atoms with Gasteiger partial charge in [-0.2, -0.15) is 5.26 Å². The van der Waals surface area contributed by atoms with Crippen LogP contribution in [0.2, 0.25) is 0 Å². The zero-order valence-corrected chi connectivity index (χ0v) is 18.3. The molecule has 0 aliphatic rings. The number of carbonyl (C=O) groups excluding carboxylic acids is 2. The van der Waals surface area contributed by atoms with E-state index in [1.807, 2.05) is 36.4 Å². The van der Waals surface area contributed by atoms with Crippen LogP contribution in [0.4, 0.5) is 0 Å². The molecule has 30 heavy (non-hydrogen) atoms. The lowest BCUT2D eigenvalue weighted by molar-refractivity contribution is -0.145. The number of esters is 1. The van der Waals surface area contributed by atoms with Crippen molar-refractivity contribution in [3.8, 4) is 11.8 Å². The summed E-state index contributed by atoms with van der Waals surface area (Å²) in [5.74, 6) is -0.405. The van der Waals surface area contributed by atoms with Gasteiger partial charge in [0.2, 0.25) is 0 Å². The van der Waals surface area contributed by atoms with Crippen LogP contribution in [0.15, 0.2) is 58.6 Å². The Morgan fingerprint density at radius 2 is 1.97 bits per heavy atom. The maximum absolute atomic E-state index is 12.3. The molecule has 0 heterocycles. The van der Waals surface area contributed by atoms with Gasteiger partial charge >= 0.3 is 5.97 Å². The molecule has 0 radical (unpaired) electrons. The predicted molar refractivity (Wildman–Crippen MR) is 118 cm³/mol. The maximum atomic E-state index is 12.3. The first-order valence-electron chi connectivity index (χ1n) is 9.55. The van der Waals surface area contributed by atoms with Gasteiger partial charge in [0.15, 0.2) is 6.61 Å². The Hall–Kier alpha value is -3.11. The highest BCUT2D eigenvalue weighted by Crippen LogP contribution is 2.27. The van der Waals surface area contributed by atoms with Gasteiger partial charge in [0, 0.05) is 6.54 Å². The standard InChI is InChI=1S/C23H23BrN2O4/c1-2-29-22(27)16-30-21-11-10-18(14-20(21)24)13-19(15-25)23(28)26-12-6-9-17-7-4-3-5-8-17/h3-5,7-8,10-11,13-14H,2,6,9,12,16H2,1H3,(H,26,28)/b19-13-. The van der Waals surface area contributed by atoms with Gasteiger partial charge in [0.05, 0.1) is 11.1 Å². The Morgan fingerprint density at radius 1 is 1.20 bits per heavy atom. The molecule has 0 unspecified atom stereocenters. The molecule has 0 saturated carbocycles. The van der Waals surface area contributed by atoms with Gasteiger partial charge in [0.1, 0.15) is 17.4 Å². The van der Waals surface area contributed by atoms with E-state index in [2.05, 4.69) is 21.2 Å². The summed E-state index contributed by atoms with van der Waals surface area (Å²) in [5, 5.41) is 12.1. The lowest BCUT2D eigenvalue weighted by Crippen LogP contribution is -2.25. The number of amides is 1. The summed E-state index contributed by atoms with van der Waals surface area (Å²) < 4.78 is 10.8. The van der Waals surface area contributed by atoms with E-state index in [1.165, 1.54) is 11.6 Å². The van der Waals surface area contributed by atoms with Crippen molar-refractivity contribution in [1.82, 2.24) is 5.32 Å². The normalized spacial score (nSPS) is 10.8. The summed E-state index contributed by atoms with van der Waals surface area (Å²) in [6.07, 6.45) is 3.14. The van der Waals surface area contributed by atoms with E-state index in [1.54, 1.807) is 25.1 Å². The summed E-state index contributed by atoms with van der Waals surface area (Å²) in [6.45, 7) is 2.30. The van der Waals surface area contributed by atoms with Crippen LogP contribution in [0.3, 0.4) is 0 Å². The molecule has 0 bridgehead atoms. The topological polar surface area (TPSA) is 88.4 Å². The number of nitrogens with zero attached hydrogens (tertiary/aromatic N) is 1. The van der Waals surface area contributed by atoms with Crippen molar-refractivity contribution in [2.75, 3.05) is 19.8 Å². The minimum atomic E-state index is -0.455. The summed E-state index contributed by atoms with van der Waals surface area (Å²) in [4.78, 5) is 23.7. The Morgan fingerprint density at radius 3 is 2.63 bits per heavy atom. The van der Waals surface area contributed by atoms with Crippen LogP contribution in [-0.4, -0.2) is 31.6 Å². The molecule has 0 spiro atoms. The van der Waals surface area contributed by atoms with E-state index in [-0.39, 0.29) is 12.2 Å². The summed E-state index contributed by atoms with van der Waals surface area (Å²) in [5.41, 5.74) is 1.88. The average molecular weight is 471 g/mol. The highest BCUT2D eigenvalue weighted by Gasteiger charge is 2.10. The van der Waals surface area contributed by atoms with E-state index in [4.69, 9.17) is 9.47 Å². The average Bonchev–Trinajstić information content (AvgIpc) is 2.75. The molecule has 2 aromatic rings. The number of benzene rings is 2. The summed E-state index contributed by atoms with van der Waals surface area (Å²) in [7, 11) is 0. The lowest BCUT2D eigenvalue weighted by atomic mass is 10.1. The zero-order chi connectivity index (χ0) is 21.8. The minimum absolute atomic E-state index is 0.0156. The van der Waals surface area contributed by atoms with Gasteiger partial charge in [-0.15, -0.1) is 0 Å². The van der Waals surface area contributed by atoms with Gasteiger partial charge < -0.3 is 14.8 Å². The SMILES string of the molecule is CCOC(=O)COc1ccc(/C=C(/C#N)C(=O)NCCCc2ccccc2)cc1Br. The third kappa shape index (κ3) is 7.72. The molecule has 156 valence electrons. The summed E-state index contributed by atoms with van der Waals surface area (Å²) >= 11 is 3.37. The number of hydrogen-bond acceptors (Lipinski definition) is 5. The zero-order valence-electron chi connectivity index (χ0n) is 16.7. The van der Waals surface area contributed by atoms with E-state index in [9.17, 15) is 14.9 Å². The van der Waals surface area contributed by atoms with Crippen LogP contribution >= 0.6 is 15.9 Å². The molecule has 0 saturated heterocycles. The molecule has 6 nitrogen and oxygen atoms in total. The molecule has 0 fully saturated rings. The maximum Gasteiger partial charge on any atom is 0.344 e. The highest BCUT2D eigenvalue weighted by molar-refractivity contribution is 9.10. The van der Waals surface area contributed by atoms with Gasteiger partial charge in [-0.25, -0.2) is 4.79 Å². The monoisotopic (exact) mass is 470 g/mol. The van der Waals surface area contributed by atoms with Crippen molar-refractivity contribution in [2.24, 2.45) is 0 Å². The van der Waals surface area contributed by atoms with Gasteiger partial charge in [-0.1, -0.05) is 36.4 Å². The van der Waals surface area contributed by atoms with E-state index < -0.39 is 11.9 Å². The number of nitrogens with one attached hydrogen (secondary N) is 1. The van der Waals surface area contributed by atoms with Crippen LogP contribution in [0, 0.1) is 11.3 Å².